The van der Waals surface area contributed by atoms with Crippen LogP contribution in [0.25, 0.3) is 0 Å². The van der Waals surface area contributed by atoms with Crippen LogP contribution in [0.3, 0.4) is 0 Å². The van der Waals surface area contributed by atoms with Gasteiger partial charge < -0.3 is 4.74 Å². The van der Waals surface area contributed by atoms with Crippen LogP contribution < -0.4 is 4.74 Å². The summed E-state index contributed by atoms with van der Waals surface area (Å²) in [5.41, 5.74) is 0.286. The van der Waals surface area contributed by atoms with E-state index in [0.29, 0.717) is 12.3 Å². The first-order valence-corrected chi connectivity index (χ1v) is 7.95. The van der Waals surface area contributed by atoms with Crippen molar-refractivity contribution in [3.63, 3.8) is 0 Å². The highest BCUT2D eigenvalue weighted by Gasteiger charge is 2.21. The van der Waals surface area contributed by atoms with Crippen LogP contribution in [0, 0.1) is 11.6 Å². The summed E-state index contributed by atoms with van der Waals surface area (Å²) in [6.45, 7) is 5.42. The van der Waals surface area contributed by atoms with Crippen molar-refractivity contribution in [2.24, 2.45) is 0 Å². The molecule has 0 atom stereocenters. The van der Waals surface area contributed by atoms with Crippen molar-refractivity contribution in [3.8, 4) is 5.75 Å². The third-order valence-corrected chi connectivity index (χ3v) is 4.33. The van der Waals surface area contributed by atoms with Crippen LogP contribution in [0.5, 0.6) is 5.75 Å². The molecule has 0 amide bonds. The van der Waals surface area contributed by atoms with Gasteiger partial charge in [0.2, 0.25) is 0 Å². The van der Waals surface area contributed by atoms with Gasteiger partial charge in [-0.25, -0.2) is 13.8 Å². The zero-order valence-corrected chi connectivity index (χ0v) is 13.7. The Bertz CT molecular complexity index is 657. The molecule has 2 aromatic rings. The average Bonchev–Trinajstić information content (AvgIpc) is 3.12. The molecule has 8 heteroatoms. The largest absolute Gasteiger partial charge is 0.496 e. The van der Waals surface area contributed by atoms with Gasteiger partial charge >= 0.3 is 0 Å². The maximum Gasteiger partial charge on any atom is 0.167 e. The Morgan fingerprint density at radius 3 is 2.50 bits per heavy atom. The standard InChI is InChI=1S/C16H21F2N5O/c1-24-15-3-2-14(17)16(18)13(15)10-22-6-4-21(5-7-22)8-9-23-12-19-11-20-23/h2-3,11-12H,4-10H2,1H3. The number of halogens is 2. The summed E-state index contributed by atoms with van der Waals surface area (Å²) >= 11 is 0. The van der Waals surface area contributed by atoms with E-state index in [1.807, 2.05) is 0 Å². The normalized spacial score (nSPS) is 16.5. The molecule has 1 aromatic carbocycles. The van der Waals surface area contributed by atoms with Crippen molar-refractivity contribution in [1.29, 1.82) is 0 Å². The molecule has 0 aliphatic carbocycles. The van der Waals surface area contributed by atoms with Crippen molar-refractivity contribution in [3.05, 3.63) is 42.0 Å². The highest BCUT2D eigenvalue weighted by atomic mass is 19.2. The van der Waals surface area contributed by atoms with Crippen molar-refractivity contribution in [2.45, 2.75) is 13.1 Å². The van der Waals surface area contributed by atoms with Gasteiger partial charge in [-0.05, 0) is 12.1 Å². The van der Waals surface area contributed by atoms with Gasteiger partial charge in [0.25, 0.3) is 0 Å². The fraction of sp³-hybridized carbons (Fsp3) is 0.500. The number of ether oxygens (including phenoxy) is 1. The molecule has 130 valence electrons. The number of rotatable bonds is 6. The van der Waals surface area contributed by atoms with E-state index in [1.54, 1.807) is 11.0 Å². The third-order valence-electron chi connectivity index (χ3n) is 4.33. The van der Waals surface area contributed by atoms with Gasteiger partial charge in [-0.15, -0.1) is 0 Å². The molecule has 1 saturated heterocycles. The number of nitrogens with zero attached hydrogens (tertiary/aromatic N) is 5. The molecule has 2 heterocycles. The number of benzene rings is 1. The van der Waals surface area contributed by atoms with Crippen LogP contribution in [0.15, 0.2) is 24.8 Å². The van der Waals surface area contributed by atoms with Crippen LogP contribution in [-0.4, -0.2) is 64.4 Å². The van der Waals surface area contributed by atoms with Crippen LogP contribution >= 0.6 is 0 Å². The fourth-order valence-electron chi connectivity index (χ4n) is 2.90. The van der Waals surface area contributed by atoms with Gasteiger partial charge in [-0.3, -0.25) is 14.5 Å². The number of aromatic nitrogens is 3. The van der Waals surface area contributed by atoms with Crippen molar-refractivity contribution in [2.75, 3.05) is 39.8 Å². The van der Waals surface area contributed by atoms with Crippen LogP contribution in [0.1, 0.15) is 5.56 Å². The SMILES string of the molecule is COc1ccc(F)c(F)c1CN1CCN(CCn2cncn2)CC1. The van der Waals surface area contributed by atoms with Crippen molar-refractivity contribution < 1.29 is 13.5 Å². The van der Waals surface area contributed by atoms with Gasteiger partial charge in [-0.1, -0.05) is 0 Å². The quantitative estimate of drug-likeness (QED) is 0.797. The van der Waals surface area contributed by atoms with E-state index >= 15 is 0 Å². The lowest BCUT2D eigenvalue weighted by Gasteiger charge is -2.34. The molecular formula is C16H21F2N5O. The van der Waals surface area contributed by atoms with Crippen LogP contribution in [-0.2, 0) is 13.1 Å². The van der Waals surface area contributed by atoms with Gasteiger partial charge in [0.15, 0.2) is 11.6 Å². The Labute approximate surface area is 139 Å². The molecule has 1 fully saturated rings. The van der Waals surface area contributed by atoms with Gasteiger partial charge in [0.1, 0.15) is 18.4 Å². The Morgan fingerprint density at radius 1 is 1.08 bits per heavy atom. The maximum atomic E-state index is 14.1. The summed E-state index contributed by atoms with van der Waals surface area (Å²) in [5, 5.41) is 4.09. The summed E-state index contributed by atoms with van der Waals surface area (Å²) in [4.78, 5) is 8.37. The molecule has 0 saturated carbocycles. The zero-order valence-electron chi connectivity index (χ0n) is 13.7. The lowest BCUT2D eigenvalue weighted by molar-refractivity contribution is 0.121. The molecule has 0 bridgehead atoms. The zero-order chi connectivity index (χ0) is 16.9. The lowest BCUT2D eigenvalue weighted by atomic mass is 10.1. The summed E-state index contributed by atoms with van der Waals surface area (Å²) in [6.07, 6.45) is 3.23. The minimum absolute atomic E-state index is 0.286. The molecule has 3 rings (SSSR count). The second-order valence-electron chi connectivity index (χ2n) is 5.82. The van der Waals surface area contributed by atoms with Crippen molar-refractivity contribution >= 4 is 0 Å². The molecule has 0 N–H and O–H groups in total. The van der Waals surface area contributed by atoms with E-state index in [2.05, 4.69) is 19.9 Å². The molecule has 1 aromatic heterocycles. The minimum Gasteiger partial charge on any atom is -0.496 e. The summed E-state index contributed by atoms with van der Waals surface area (Å²) in [7, 11) is 1.47. The summed E-state index contributed by atoms with van der Waals surface area (Å²) < 4.78 is 34.5. The maximum absolute atomic E-state index is 14.1. The molecule has 0 unspecified atom stereocenters. The lowest BCUT2D eigenvalue weighted by Crippen LogP contribution is -2.46. The minimum atomic E-state index is -0.836. The molecule has 0 spiro atoms. The van der Waals surface area contributed by atoms with E-state index in [-0.39, 0.29) is 5.56 Å². The fourth-order valence-corrected chi connectivity index (χ4v) is 2.90. The van der Waals surface area contributed by atoms with E-state index in [1.165, 1.54) is 19.5 Å². The first kappa shape index (κ1) is 16.8. The molecule has 6 nitrogen and oxygen atoms in total. The van der Waals surface area contributed by atoms with Gasteiger partial charge in [-0.2, -0.15) is 5.10 Å². The first-order chi connectivity index (χ1) is 11.7. The van der Waals surface area contributed by atoms with Crippen LogP contribution in [0.4, 0.5) is 8.78 Å². The topological polar surface area (TPSA) is 46.4 Å². The predicted octanol–water partition coefficient (Wildman–Crippen LogP) is 1.38. The number of hydrogen-bond acceptors (Lipinski definition) is 5. The highest BCUT2D eigenvalue weighted by Crippen LogP contribution is 2.25. The number of hydrogen-bond donors (Lipinski definition) is 0. The molecule has 1 aliphatic rings. The van der Waals surface area contributed by atoms with E-state index < -0.39 is 11.6 Å². The van der Waals surface area contributed by atoms with Crippen LogP contribution in [0.2, 0.25) is 0 Å². The number of methoxy groups -OCH3 is 1. The Hall–Kier alpha value is -2.06. The Balaban J connectivity index is 1.53. The van der Waals surface area contributed by atoms with E-state index in [9.17, 15) is 8.78 Å². The first-order valence-electron chi connectivity index (χ1n) is 7.95. The second kappa shape index (κ2) is 7.67. The third kappa shape index (κ3) is 3.88. The average molecular weight is 337 g/mol. The summed E-state index contributed by atoms with van der Waals surface area (Å²) in [5.74, 6) is -1.26. The number of piperazine rings is 1. The highest BCUT2D eigenvalue weighted by molar-refractivity contribution is 5.35. The molecule has 1 aliphatic heterocycles. The summed E-state index contributed by atoms with van der Waals surface area (Å²) in [6, 6.07) is 2.57. The van der Waals surface area contributed by atoms with E-state index in [0.717, 1.165) is 45.3 Å². The Kier molecular flexibility index (Phi) is 5.37. The Morgan fingerprint density at radius 2 is 1.83 bits per heavy atom. The van der Waals surface area contributed by atoms with Gasteiger partial charge in [0.05, 0.1) is 13.7 Å². The van der Waals surface area contributed by atoms with Gasteiger partial charge in [0, 0.05) is 44.8 Å². The predicted molar refractivity (Wildman–Crippen MR) is 84.6 cm³/mol. The monoisotopic (exact) mass is 337 g/mol. The smallest absolute Gasteiger partial charge is 0.167 e. The second-order valence-corrected chi connectivity index (χ2v) is 5.82. The molecule has 24 heavy (non-hydrogen) atoms. The molecular weight excluding hydrogens is 316 g/mol. The van der Waals surface area contributed by atoms with Crippen molar-refractivity contribution in [1.82, 2.24) is 24.6 Å². The van der Waals surface area contributed by atoms with E-state index in [4.69, 9.17) is 4.74 Å². The molecule has 0 radical (unpaired) electrons.